The minimum Gasteiger partial charge on any atom is -0.302 e. The van der Waals surface area contributed by atoms with Crippen molar-refractivity contribution < 1.29 is 4.79 Å². The molecule has 0 aliphatic carbocycles. The molecule has 0 spiro atoms. The van der Waals surface area contributed by atoms with E-state index in [1.54, 1.807) is 21.7 Å². The highest BCUT2D eigenvalue weighted by Crippen LogP contribution is 2.32. The molecule has 0 fully saturated rings. The van der Waals surface area contributed by atoms with Gasteiger partial charge in [0.05, 0.1) is 23.5 Å². The Kier molecular flexibility index (Phi) is 3.95. The Morgan fingerprint density at radius 1 is 0.857 bits per heavy atom. The lowest BCUT2D eigenvalue weighted by atomic mass is 10.1. The summed E-state index contributed by atoms with van der Waals surface area (Å²) in [6.45, 7) is 0.354. The third-order valence-electron chi connectivity index (χ3n) is 4.86. The van der Waals surface area contributed by atoms with Gasteiger partial charge in [0.15, 0.2) is 0 Å². The maximum absolute atomic E-state index is 13.4. The first-order valence-corrected chi connectivity index (χ1v) is 9.27. The lowest BCUT2D eigenvalue weighted by molar-refractivity contribution is 0.0986. The maximum Gasteiger partial charge on any atom is 0.260 e. The van der Waals surface area contributed by atoms with Gasteiger partial charge < -0.3 is 4.90 Å². The fourth-order valence-electron chi connectivity index (χ4n) is 3.49. The maximum atomic E-state index is 13.4. The fourth-order valence-corrected chi connectivity index (χ4v) is 3.62. The van der Waals surface area contributed by atoms with E-state index in [1.165, 1.54) is 0 Å². The summed E-state index contributed by atoms with van der Waals surface area (Å²) in [5.41, 5.74) is 4.68. The van der Waals surface area contributed by atoms with Gasteiger partial charge in [0.25, 0.3) is 5.91 Å². The minimum absolute atomic E-state index is 0.0811. The number of aromatic nitrogens is 3. The molecule has 6 heteroatoms. The fraction of sp³-hybridized carbons (Fsp3) is 0.0455. The molecule has 0 bridgehead atoms. The highest BCUT2D eigenvalue weighted by molar-refractivity contribution is 6.30. The first-order chi connectivity index (χ1) is 13.7. The molecule has 0 atom stereocenters. The van der Waals surface area contributed by atoms with Crippen molar-refractivity contribution in [2.75, 3.05) is 4.90 Å². The summed E-state index contributed by atoms with van der Waals surface area (Å²) < 4.78 is 1.77. The van der Waals surface area contributed by atoms with Gasteiger partial charge in [-0.15, -0.1) is 5.10 Å². The van der Waals surface area contributed by atoms with E-state index in [-0.39, 0.29) is 5.91 Å². The smallest absolute Gasteiger partial charge is 0.260 e. The molecule has 1 aromatic heterocycles. The molecule has 4 aromatic rings. The zero-order valence-electron chi connectivity index (χ0n) is 14.8. The van der Waals surface area contributed by atoms with E-state index in [9.17, 15) is 4.79 Å². The molecule has 5 rings (SSSR count). The van der Waals surface area contributed by atoms with E-state index < -0.39 is 0 Å². The minimum atomic E-state index is -0.0811. The van der Waals surface area contributed by atoms with Crippen molar-refractivity contribution in [3.8, 4) is 16.9 Å². The van der Waals surface area contributed by atoms with E-state index in [0.29, 0.717) is 17.1 Å². The third kappa shape index (κ3) is 2.68. The monoisotopic (exact) mass is 386 g/mol. The van der Waals surface area contributed by atoms with E-state index in [2.05, 4.69) is 10.3 Å². The van der Waals surface area contributed by atoms with E-state index in [0.717, 1.165) is 28.3 Å². The number of hydrogen-bond acceptors (Lipinski definition) is 3. The van der Waals surface area contributed by atoms with Crippen LogP contribution >= 0.6 is 11.6 Å². The van der Waals surface area contributed by atoms with Gasteiger partial charge in [0.2, 0.25) is 0 Å². The average molecular weight is 387 g/mol. The Hall–Kier alpha value is -3.44. The number of amides is 1. The third-order valence-corrected chi connectivity index (χ3v) is 5.12. The van der Waals surface area contributed by atoms with Crippen LogP contribution in [0, 0.1) is 0 Å². The van der Waals surface area contributed by atoms with Crippen LogP contribution in [0.1, 0.15) is 16.1 Å². The van der Waals surface area contributed by atoms with Gasteiger partial charge in [-0.25, -0.2) is 4.68 Å². The van der Waals surface area contributed by atoms with Crippen LogP contribution in [0.2, 0.25) is 5.02 Å². The second-order valence-electron chi connectivity index (χ2n) is 6.55. The second kappa shape index (κ2) is 6.62. The summed E-state index contributed by atoms with van der Waals surface area (Å²) >= 11 is 6.04. The molecule has 0 radical (unpaired) electrons. The Morgan fingerprint density at radius 2 is 1.57 bits per heavy atom. The highest BCUT2D eigenvalue weighted by atomic mass is 35.5. The molecule has 1 amide bonds. The van der Waals surface area contributed by atoms with Gasteiger partial charge in [-0.2, -0.15) is 0 Å². The van der Waals surface area contributed by atoms with Gasteiger partial charge in [-0.1, -0.05) is 59.3 Å². The zero-order chi connectivity index (χ0) is 19.1. The zero-order valence-corrected chi connectivity index (χ0v) is 15.5. The second-order valence-corrected chi connectivity index (χ2v) is 6.98. The molecule has 0 unspecified atom stereocenters. The summed E-state index contributed by atoms with van der Waals surface area (Å²) in [5.74, 6) is -0.0811. The Bertz CT molecular complexity index is 1170. The first-order valence-electron chi connectivity index (χ1n) is 8.89. The van der Waals surface area contributed by atoms with Crippen LogP contribution in [0.15, 0.2) is 78.9 Å². The number of carbonyl (C=O) groups is 1. The highest BCUT2D eigenvalue weighted by Gasteiger charge is 2.30. The molecule has 3 aromatic carbocycles. The number of nitrogens with zero attached hydrogens (tertiary/aromatic N) is 4. The largest absolute Gasteiger partial charge is 0.302 e. The molecule has 0 saturated carbocycles. The first kappa shape index (κ1) is 16.7. The number of anilines is 1. The van der Waals surface area contributed by atoms with Crippen molar-refractivity contribution in [3.63, 3.8) is 0 Å². The topological polar surface area (TPSA) is 51.0 Å². The van der Waals surface area contributed by atoms with Gasteiger partial charge in [0, 0.05) is 16.3 Å². The van der Waals surface area contributed by atoms with E-state index in [1.807, 2.05) is 66.7 Å². The van der Waals surface area contributed by atoms with E-state index >= 15 is 0 Å². The van der Waals surface area contributed by atoms with Crippen LogP contribution in [-0.2, 0) is 6.54 Å². The number of hydrogen-bond donors (Lipinski definition) is 0. The lowest BCUT2D eigenvalue weighted by Crippen LogP contribution is -2.29. The van der Waals surface area contributed by atoms with Crippen LogP contribution in [-0.4, -0.2) is 20.9 Å². The quantitative estimate of drug-likeness (QED) is 0.499. The van der Waals surface area contributed by atoms with Crippen LogP contribution in [0.4, 0.5) is 5.69 Å². The number of fused-ring (bicyclic) bond motifs is 3. The molecule has 1 aliphatic rings. The van der Waals surface area contributed by atoms with Crippen molar-refractivity contribution in [2.24, 2.45) is 0 Å². The number of rotatable bonds is 2. The molecule has 28 heavy (non-hydrogen) atoms. The lowest BCUT2D eigenvalue weighted by Gasteiger charge is -2.21. The summed E-state index contributed by atoms with van der Waals surface area (Å²) in [7, 11) is 0. The predicted molar refractivity (Wildman–Crippen MR) is 109 cm³/mol. The Morgan fingerprint density at radius 3 is 2.36 bits per heavy atom. The molecule has 0 saturated heterocycles. The van der Waals surface area contributed by atoms with Crippen molar-refractivity contribution in [2.45, 2.75) is 6.54 Å². The number of halogens is 1. The van der Waals surface area contributed by atoms with Crippen molar-refractivity contribution >= 4 is 23.2 Å². The number of benzene rings is 3. The summed E-state index contributed by atoms with van der Waals surface area (Å²) in [6, 6.07) is 24.6. The van der Waals surface area contributed by atoms with Gasteiger partial charge in [0.1, 0.15) is 5.69 Å². The Balaban J connectivity index is 1.73. The molecular formula is C22H15ClN4O. The van der Waals surface area contributed by atoms with Gasteiger partial charge in [-0.3, -0.25) is 4.79 Å². The standard InChI is InChI=1S/C22H15ClN4O/c23-16-10-12-17(13-11-16)26-14-20-21(15-6-2-1-3-7-15)24-25-27(20)19-9-5-4-8-18(19)22(26)28/h1-13H,14H2. The number of carbonyl (C=O) groups excluding carboxylic acids is 1. The van der Waals surface area contributed by atoms with Gasteiger partial charge >= 0.3 is 0 Å². The number of para-hydroxylation sites is 1. The normalized spacial score (nSPS) is 13.0. The van der Waals surface area contributed by atoms with E-state index in [4.69, 9.17) is 11.6 Å². The van der Waals surface area contributed by atoms with Crippen LogP contribution in [0.25, 0.3) is 16.9 Å². The van der Waals surface area contributed by atoms with Gasteiger partial charge in [-0.05, 0) is 36.4 Å². The molecule has 2 heterocycles. The van der Waals surface area contributed by atoms with Crippen molar-refractivity contribution in [1.29, 1.82) is 0 Å². The summed E-state index contributed by atoms with van der Waals surface area (Å²) in [6.07, 6.45) is 0. The van der Waals surface area contributed by atoms with Crippen molar-refractivity contribution in [1.82, 2.24) is 15.0 Å². The Labute approximate surface area is 166 Å². The summed E-state index contributed by atoms with van der Waals surface area (Å²) in [4.78, 5) is 15.1. The SMILES string of the molecule is O=C1c2ccccc2-n2nnc(-c3ccccc3)c2CN1c1ccc(Cl)cc1. The van der Waals surface area contributed by atoms with Crippen LogP contribution in [0.3, 0.4) is 0 Å². The summed E-state index contributed by atoms with van der Waals surface area (Å²) in [5, 5.41) is 9.44. The molecule has 1 aliphatic heterocycles. The molecular weight excluding hydrogens is 372 g/mol. The predicted octanol–water partition coefficient (Wildman–Crippen LogP) is 4.75. The molecule has 136 valence electrons. The van der Waals surface area contributed by atoms with Crippen LogP contribution in [0.5, 0.6) is 0 Å². The van der Waals surface area contributed by atoms with Crippen molar-refractivity contribution in [3.05, 3.63) is 95.1 Å². The van der Waals surface area contributed by atoms with Crippen LogP contribution < -0.4 is 4.90 Å². The molecule has 5 nitrogen and oxygen atoms in total. The average Bonchev–Trinajstić information content (AvgIpc) is 3.11. The molecule has 0 N–H and O–H groups in total.